The van der Waals surface area contributed by atoms with Crippen LogP contribution in [0.3, 0.4) is 0 Å². The molecule has 2 aliphatic rings. The standard InChI is InChI=1S/C24H31N7S/c1-30(2)16-7-9-31(10-8-16)20-12-18(26)15(13-25)11-19(20)29-23-22-17-5-3-4-6-21(17)32-24(22)28-14-27-23/h11-14,16,25H,3-10,26H2,1-2H3,(H,27,28,29). The number of aromatic nitrogens is 2. The van der Waals surface area contributed by atoms with Crippen LogP contribution < -0.4 is 16.0 Å². The van der Waals surface area contributed by atoms with Crippen LogP contribution in [-0.4, -0.2) is 54.3 Å². The molecule has 1 fully saturated rings. The van der Waals surface area contributed by atoms with Crippen LogP contribution in [0.5, 0.6) is 0 Å². The molecule has 3 heterocycles. The molecular formula is C24H31N7S. The predicted octanol–water partition coefficient (Wildman–Crippen LogP) is 4.42. The first-order valence-corrected chi connectivity index (χ1v) is 12.2. The van der Waals surface area contributed by atoms with E-state index < -0.39 is 0 Å². The Morgan fingerprint density at radius 3 is 2.72 bits per heavy atom. The van der Waals surface area contributed by atoms with Crippen molar-refractivity contribution in [3.05, 3.63) is 34.5 Å². The lowest BCUT2D eigenvalue weighted by Crippen LogP contribution is -2.42. The fourth-order valence-corrected chi connectivity index (χ4v) is 6.27. The molecule has 168 valence electrons. The van der Waals surface area contributed by atoms with Crippen LogP contribution in [0.15, 0.2) is 18.5 Å². The number of aryl methyl sites for hydroxylation is 2. The number of anilines is 4. The Kier molecular flexibility index (Phi) is 5.73. The van der Waals surface area contributed by atoms with Crippen molar-refractivity contribution < 1.29 is 0 Å². The minimum atomic E-state index is 0.611. The molecule has 8 heteroatoms. The van der Waals surface area contributed by atoms with Gasteiger partial charge in [-0.15, -0.1) is 11.3 Å². The monoisotopic (exact) mass is 449 g/mol. The van der Waals surface area contributed by atoms with Crippen molar-refractivity contribution in [3.8, 4) is 0 Å². The molecule has 0 saturated carbocycles. The fraction of sp³-hybridized carbons (Fsp3) is 0.458. The van der Waals surface area contributed by atoms with Crippen molar-refractivity contribution in [1.82, 2.24) is 14.9 Å². The van der Waals surface area contributed by atoms with Gasteiger partial charge in [-0.2, -0.15) is 0 Å². The molecule has 2 aromatic heterocycles. The molecule has 0 atom stereocenters. The maximum atomic E-state index is 7.80. The average Bonchev–Trinajstić information content (AvgIpc) is 3.19. The molecule has 0 spiro atoms. The Morgan fingerprint density at radius 2 is 1.97 bits per heavy atom. The number of benzene rings is 1. The number of rotatable bonds is 5. The minimum Gasteiger partial charge on any atom is -0.398 e. The predicted molar refractivity (Wildman–Crippen MR) is 135 cm³/mol. The second-order valence-electron chi connectivity index (χ2n) is 9.06. The molecule has 0 unspecified atom stereocenters. The summed E-state index contributed by atoms with van der Waals surface area (Å²) < 4.78 is 0. The van der Waals surface area contributed by atoms with E-state index in [4.69, 9.17) is 11.1 Å². The van der Waals surface area contributed by atoms with Gasteiger partial charge in [0.15, 0.2) is 0 Å². The summed E-state index contributed by atoms with van der Waals surface area (Å²) in [6.07, 6.45) is 9.93. The summed E-state index contributed by atoms with van der Waals surface area (Å²) in [6.45, 7) is 1.96. The Morgan fingerprint density at radius 1 is 1.19 bits per heavy atom. The Bertz CT molecular complexity index is 1140. The van der Waals surface area contributed by atoms with Crippen LogP contribution in [0.25, 0.3) is 10.2 Å². The van der Waals surface area contributed by atoms with Crippen molar-refractivity contribution in [2.24, 2.45) is 0 Å². The lowest BCUT2D eigenvalue weighted by molar-refractivity contribution is 0.250. The van der Waals surface area contributed by atoms with Crippen LogP contribution in [0.2, 0.25) is 0 Å². The summed E-state index contributed by atoms with van der Waals surface area (Å²) in [4.78, 5) is 16.5. The van der Waals surface area contributed by atoms with E-state index in [0.717, 1.165) is 71.7 Å². The second kappa shape index (κ2) is 8.67. The number of hydrogen-bond donors (Lipinski definition) is 3. The topological polar surface area (TPSA) is 94.2 Å². The van der Waals surface area contributed by atoms with Crippen molar-refractivity contribution in [2.75, 3.05) is 43.1 Å². The summed E-state index contributed by atoms with van der Waals surface area (Å²) in [5, 5.41) is 12.6. The molecule has 4 N–H and O–H groups in total. The number of thiophene rings is 1. The normalized spacial score (nSPS) is 17.0. The van der Waals surface area contributed by atoms with Gasteiger partial charge in [-0.3, -0.25) is 0 Å². The molecular weight excluding hydrogens is 418 g/mol. The first kappa shape index (κ1) is 21.2. The van der Waals surface area contributed by atoms with Gasteiger partial charge in [0.05, 0.1) is 16.8 Å². The Balaban J connectivity index is 1.54. The van der Waals surface area contributed by atoms with Crippen LogP contribution in [0.1, 0.15) is 41.7 Å². The van der Waals surface area contributed by atoms with Gasteiger partial charge in [0.25, 0.3) is 0 Å². The van der Waals surface area contributed by atoms with Gasteiger partial charge >= 0.3 is 0 Å². The second-order valence-corrected chi connectivity index (χ2v) is 10.1. The molecule has 1 aromatic carbocycles. The highest BCUT2D eigenvalue weighted by atomic mass is 32.1. The summed E-state index contributed by atoms with van der Waals surface area (Å²) in [5.41, 5.74) is 11.1. The zero-order valence-corrected chi connectivity index (χ0v) is 19.6. The summed E-state index contributed by atoms with van der Waals surface area (Å²) >= 11 is 1.81. The maximum absolute atomic E-state index is 7.80. The highest BCUT2D eigenvalue weighted by Crippen LogP contribution is 2.41. The Labute approximate surface area is 193 Å². The molecule has 0 radical (unpaired) electrons. The third kappa shape index (κ3) is 3.82. The number of nitrogen functional groups attached to an aromatic ring is 1. The van der Waals surface area contributed by atoms with Gasteiger partial charge < -0.3 is 26.3 Å². The van der Waals surface area contributed by atoms with E-state index in [2.05, 4.69) is 39.2 Å². The van der Waals surface area contributed by atoms with Crippen molar-refractivity contribution in [2.45, 2.75) is 44.6 Å². The van der Waals surface area contributed by atoms with E-state index in [0.29, 0.717) is 11.7 Å². The lowest BCUT2D eigenvalue weighted by atomic mass is 9.97. The van der Waals surface area contributed by atoms with E-state index in [1.165, 1.54) is 29.5 Å². The molecule has 7 nitrogen and oxygen atoms in total. The highest BCUT2D eigenvalue weighted by Gasteiger charge is 2.25. The number of nitrogens with zero attached hydrogens (tertiary/aromatic N) is 4. The van der Waals surface area contributed by atoms with E-state index >= 15 is 0 Å². The number of piperidine rings is 1. The zero-order valence-electron chi connectivity index (χ0n) is 18.8. The summed E-state index contributed by atoms with van der Waals surface area (Å²) in [6, 6.07) is 4.61. The minimum absolute atomic E-state index is 0.611. The molecule has 0 amide bonds. The van der Waals surface area contributed by atoms with E-state index in [-0.39, 0.29) is 0 Å². The molecule has 1 aliphatic carbocycles. The molecule has 5 rings (SSSR count). The fourth-order valence-electron chi connectivity index (χ4n) is 5.04. The number of fused-ring (bicyclic) bond motifs is 3. The van der Waals surface area contributed by atoms with Crippen LogP contribution in [0, 0.1) is 5.41 Å². The van der Waals surface area contributed by atoms with Crippen molar-refractivity contribution >= 4 is 50.6 Å². The van der Waals surface area contributed by atoms with Crippen LogP contribution in [0.4, 0.5) is 22.9 Å². The number of nitrogens with two attached hydrogens (primary N) is 1. The lowest BCUT2D eigenvalue weighted by Gasteiger charge is -2.37. The Hall–Kier alpha value is -2.71. The maximum Gasteiger partial charge on any atom is 0.142 e. The van der Waals surface area contributed by atoms with E-state index in [1.807, 2.05) is 23.5 Å². The summed E-state index contributed by atoms with van der Waals surface area (Å²) in [7, 11) is 4.32. The quantitative estimate of drug-likeness (QED) is 0.394. The SMILES string of the molecule is CN(C)C1CCN(c2cc(N)c(C=N)cc2Nc2ncnc3sc4c(c23)CCCC4)CC1. The molecule has 0 bridgehead atoms. The average molecular weight is 450 g/mol. The number of nitrogens with one attached hydrogen (secondary N) is 2. The van der Waals surface area contributed by atoms with Gasteiger partial charge in [-0.25, -0.2) is 9.97 Å². The first-order chi connectivity index (χ1) is 15.5. The van der Waals surface area contributed by atoms with E-state index in [9.17, 15) is 0 Å². The molecule has 1 aliphatic heterocycles. The molecule has 1 saturated heterocycles. The van der Waals surface area contributed by atoms with Crippen LogP contribution >= 0.6 is 11.3 Å². The smallest absolute Gasteiger partial charge is 0.142 e. The van der Waals surface area contributed by atoms with Crippen LogP contribution in [-0.2, 0) is 12.8 Å². The van der Waals surface area contributed by atoms with Gasteiger partial charge in [0.2, 0.25) is 0 Å². The van der Waals surface area contributed by atoms with Gasteiger partial charge in [-0.1, -0.05) is 0 Å². The highest BCUT2D eigenvalue weighted by molar-refractivity contribution is 7.19. The van der Waals surface area contributed by atoms with Crippen molar-refractivity contribution in [3.63, 3.8) is 0 Å². The van der Waals surface area contributed by atoms with E-state index in [1.54, 1.807) is 6.33 Å². The van der Waals surface area contributed by atoms with Gasteiger partial charge in [0.1, 0.15) is 17.0 Å². The largest absolute Gasteiger partial charge is 0.398 e. The van der Waals surface area contributed by atoms with Gasteiger partial charge in [0, 0.05) is 41.5 Å². The third-order valence-electron chi connectivity index (χ3n) is 6.90. The number of hydrogen-bond acceptors (Lipinski definition) is 8. The van der Waals surface area contributed by atoms with Gasteiger partial charge in [-0.05, 0) is 70.3 Å². The molecule has 3 aromatic rings. The summed E-state index contributed by atoms with van der Waals surface area (Å²) in [5.74, 6) is 0.861. The molecule has 32 heavy (non-hydrogen) atoms. The third-order valence-corrected chi connectivity index (χ3v) is 8.10. The first-order valence-electron chi connectivity index (χ1n) is 11.4. The van der Waals surface area contributed by atoms with Crippen molar-refractivity contribution in [1.29, 1.82) is 5.41 Å². The zero-order chi connectivity index (χ0) is 22.2.